The molecule has 0 aromatic heterocycles. The zero-order valence-corrected chi connectivity index (χ0v) is 16.6. The molecule has 0 bridgehead atoms. The molecular weight excluding hydrogens is 419 g/mol. The lowest BCUT2D eigenvalue weighted by Crippen LogP contribution is -2.47. The summed E-state index contributed by atoms with van der Waals surface area (Å²) in [6, 6.07) is 3.36. The van der Waals surface area contributed by atoms with Gasteiger partial charge in [0.2, 0.25) is 0 Å². The van der Waals surface area contributed by atoms with Crippen LogP contribution in [0.25, 0.3) is 0 Å². The van der Waals surface area contributed by atoms with Gasteiger partial charge in [-0.2, -0.15) is 17.5 Å². The van der Waals surface area contributed by atoms with Crippen LogP contribution in [0.1, 0.15) is 18.4 Å². The van der Waals surface area contributed by atoms with Crippen LogP contribution >= 0.6 is 0 Å². The second kappa shape index (κ2) is 9.70. The van der Waals surface area contributed by atoms with Gasteiger partial charge in [0.25, 0.3) is 0 Å². The van der Waals surface area contributed by atoms with Crippen molar-refractivity contribution < 1.29 is 30.4 Å². The first-order chi connectivity index (χ1) is 13.5. The van der Waals surface area contributed by atoms with Gasteiger partial charge in [-0.15, -0.1) is 0 Å². The fourth-order valence-electron chi connectivity index (χ4n) is 3.00. The quantitative estimate of drug-likeness (QED) is 0.403. The van der Waals surface area contributed by atoms with E-state index in [9.17, 15) is 30.4 Å². The number of sulfonamides is 1. The summed E-state index contributed by atoms with van der Waals surface area (Å²) in [7, 11) is -3.75. The van der Waals surface area contributed by atoms with Crippen LogP contribution in [-0.4, -0.2) is 57.4 Å². The molecule has 0 radical (unpaired) electrons. The zero-order chi connectivity index (χ0) is 21.7. The summed E-state index contributed by atoms with van der Waals surface area (Å²) in [5.41, 5.74) is -4.93. The minimum Gasteiger partial charge on any atom is -0.356 e. The average molecular weight is 442 g/mol. The standard InChI is InChI=1S/C17H23F5N4O2S/c1-23-16(24-7-4-13-2-3-14(18)10-15(13)19)25-11-12-5-8-26(9-6-12)29(27,28)17(20,21)22/h2-3,10,12H,4-9,11H2,1H3,(H2,23,24,25). The Bertz CT molecular complexity index is 822. The summed E-state index contributed by atoms with van der Waals surface area (Å²) in [6.45, 7) is 0.364. The molecule has 1 aromatic rings. The van der Waals surface area contributed by atoms with E-state index in [1.165, 1.54) is 19.2 Å². The van der Waals surface area contributed by atoms with Crippen molar-refractivity contribution in [3.8, 4) is 0 Å². The summed E-state index contributed by atoms with van der Waals surface area (Å²) >= 11 is 0. The van der Waals surface area contributed by atoms with Gasteiger partial charge in [-0.3, -0.25) is 4.99 Å². The number of alkyl halides is 3. The molecule has 1 fully saturated rings. The summed E-state index contributed by atoms with van der Waals surface area (Å²) in [6.07, 6.45) is 0.890. The van der Waals surface area contributed by atoms with Gasteiger partial charge >= 0.3 is 15.5 Å². The number of rotatable bonds is 6. The van der Waals surface area contributed by atoms with Crippen LogP contribution in [0.4, 0.5) is 22.0 Å². The normalized spacial score (nSPS) is 17.4. The van der Waals surface area contributed by atoms with E-state index in [-0.39, 0.29) is 19.0 Å². The number of guanidine groups is 1. The maximum atomic E-state index is 13.6. The highest BCUT2D eigenvalue weighted by atomic mass is 32.2. The number of nitrogens with zero attached hydrogens (tertiary/aromatic N) is 2. The molecular formula is C17H23F5N4O2S. The molecule has 164 valence electrons. The first kappa shape index (κ1) is 23.3. The Morgan fingerprint density at radius 3 is 2.41 bits per heavy atom. The maximum absolute atomic E-state index is 13.6. The number of piperidine rings is 1. The molecule has 1 aliphatic heterocycles. The lowest BCUT2D eigenvalue weighted by atomic mass is 9.98. The Labute approximate surface area is 166 Å². The van der Waals surface area contributed by atoms with Crippen molar-refractivity contribution >= 4 is 16.0 Å². The van der Waals surface area contributed by atoms with Crippen LogP contribution in [0.5, 0.6) is 0 Å². The monoisotopic (exact) mass is 442 g/mol. The molecule has 1 heterocycles. The minimum atomic E-state index is -5.28. The molecule has 0 unspecified atom stereocenters. The fourth-order valence-corrected chi connectivity index (χ4v) is 3.99. The van der Waals surface area contributed by atoms with E-state index in [0.717, 1.165) is 6.07 Å². The summed E-state index contributed by atoms with van der Waals surface area (Å²) in [4.78, 5) is 4.01. The van der Waals surface area contributed by atoms with E-state index in [1.807, 2.05) is 0 Å². The molecule has 0 atom stereocenters. The highest BCUT2D eigenvalue weighted by Gasteiger charge is 2.50. The van der Waals surface area contributed by atoms with Gasteiger partial charge in [0.05, 0.1) is 0 Å². The van der Waals surface area contributed by atoms with Crippen molar-refractivity contribution in [3.63, 3.8) is 0 Å². The van der Waals surface area contributed by atoms with Crippen LogP contribution < -0.4 is 10.6 Å². The first-order valence-corrected chi connectivity index (χ1v) is 10.4. The Morgan fingerprint density at radius 1 is 1.21 bits per heavy atom. The largest absolute Gasteiger partial charge is 0.511 e. The Kier molecular flexibility index (Phi) is 7.80. The van der Waals surface area contributed by atoms with Crippen LogP contribution in [0.15, 0.2) is 23.2 Å². The van der Waals surface area contributed by atoms with E-state index < -0.39 is 27.2 Å². The van der Waals surface area contributed by atoms with Crippen LogP contribution in [-0.2, 0) is 16.4 Å². The molecule has 0 aliphatic carbocycles. The molecule has 2 rings (SSSR count). The Morgan fingerprint density at radius 2 is 1.86 bits per heavy atom. The summed E-state index contributed by atoms with van der Waals surface area (Å²) < 4.78 is 87.6. The predicted molar refractivity (Wildman–Crippen MR) is 98.7 cm³/mol. The first-order valence-electron chi connectivity index (χ1n) is 8.99. The van der Waals surface area contributed by atoms with Gasteiger partial charge in [-0.25, -0.2) is 17.2 Å². The number of aliphatic imine (C=N–C) groups is 1. The molecule has 1 aliphatic rings. The lowest BCUT2D eigenvalue weighted by Gasteiger charge is -2.31. The van der Waals surface area contributed by atoms with Gasteiger partial charge in [-0.05, 0) is 36.8 Å². The van der Waals surface area contributed by atoms with Crippen LogP contribution in [0.3, 0.4) is 0 Å². The highest BCUT2D eigenvalue weighted by Crippen LogP contribution is 2.30. The molecule has 0 saturated carbocycles. The van der Waals surface area contributed by atoms with Crippen LogP contribution in [0.2, 0.25) is 0 Å². The summed E-state index contributed by atoms with van der Waals surface area (Å²) in [5.74, 6) is -0.860. The number of halogens is 5. The number of nitrogens with one attached hydrogen (secondary N) is 2. The van der Waals surface area contributed by atoms with Crippen molar-refractivity contribution in [3.05, 3.63) is 35.4 Å². The van der Waals surface area contributed by atoms with Crippen molar-refractivity contribution in [1.82, 2.24) is 14.9 Å². The van der Waals surface area contributed by atoms with Crippen LogP contribution in [0, 0.1) is 17.6 Å². The second-order valence-corrected chi connectivity index (χ2v) is 8.59. The van der Waals surface area contributed by atoms with E-state index in [2.05, 4.69) is 15.6 Å². The third-order valence-electron chi connectivity index (χ3n) is 4.69. The SMILES string of the molecule is CN=C(NCCc1ccc(F)cc1F)NCC1CCN(S(=O)(=O)C(F)(F)F)CC1. The van der Waals surface area contributed by atoms with Gasteiger partial charge in [-0.1, -0.05) is 6.07 Å². The number of hydrogen-bond acceptors (Lipinski definition) is 3. The summed E-state index contributed by atoms with van der Waals surface area (Å²) in [5, 5.41) is 6.00. The van der Waals surface area contributed by atoms with Crippen molar-refractivity contribution in [2.45, 2.75) is 24.8 Å². The molecule has 2 N–H and O–H groups in total. The van der Waals surface area contributed by atoms with Gasteiger partial charge in [0.15, 0.2) is 5.96 Å². The average Bonchev–Trinajstić information content (AvgIpc) is 2.65. The molecule has 12 heteroatoms. The molecule has 1 saturated heterocycles. The molecule has 1 aromatic carbocycles. The van der Waals surface area contributed by atoms with E-state index in [0.29, 0.717) is 48.2 Å². The van der Waals surface area contributed by atoms with Crippen molar-refractivity contribution in [2.24, 2.45) is 10.9 Å². The molecule has 0 spiro atoms. The second-order valence-electron chi connectivity index (χ2n) is 6.66. The fraction of sp³-hybridized carbons (Fsp3) is 0.588. The lowest BCUT2D eigenvalue weighted by molar-refractivity contribution is -0.0496. The maximum Gasteiger partial charge on any atom is 0.511 e. The Hall–Kier alpha value is -1.95. The predicted octanol–water partition coefficient (Wildman–Crippen LogP) is 2.23. The number of benzene rings is 1. The molecule has 0 amide bonds. The topological polar surface area (TPSA) is 73.8 Å². The van der Waals surface area contributed by atoms with Gasteiger partial charge in [0.1, 0.15) is 11.6 Å². The third kappa shape index (κ3) is 6.26. The van der Waals surface area contributed by atoms with E-state index in [4.69, 9.17) is 0 Å². The molecule has 6 nitrogen and oxygen atoms in total. The van der Waals surface area contributed by atoms with Gasteiger partial charge < -0.3 is 10.6 Å². The van der Waals surface area contributed by atoms with E-state index >= 15 is 0 Å². The third-order valence-corrected chi connectivity index (χ3v) is 6.32. The van der Waals surface area contributed by atoms with Gasteiger partial charge in [0, 0.05) is 39.3 Å². The zero-order valence-electron chi connectivity index (χ0n) is 15.8. The van der Waals surface area contributed by atoms with Crippen molar-refractivity contribution in [2.75, 3.05) is 33.2 Å². The minimum absolute atomic E-state index is 0.0113. The van der Waals surface area contributed by atoms with E-state index in [1.54, 1.807) is 0 Å². The number of hydrogen-bond donors (Lipinski definition) is 2. The molecule has 29 heavy (non-hydrogen) atoms. The Balaban J connectivity index is 1.75. The highest BCUT2D eigenvalue weighted by molar-refractivity contribution is 7.90. The smallest absolute Gasteiger partial charge is 0.356 e. The van der Waals surface area contributed by atoms with Crippen molar-refractivity contribution in [1.29, 1.82) is 0 Å².